The van der Waals surface area contributed by atoms with Crippen LogP contribution < -0.4 is 16.2 Å². The third kappa shape index (κ3) is 3.39. The molecule has 1 amide bonds. The highest BCUT2D eigenvalue weighted by atomic mass is 16.2. The number of rotatable bonds is 5. The summed E-state index contributed by atoms with van der Waals surface area (Å²) in [6, 6.07) is 0. The lowest BCUT2D eigenvalue weighted by molar-refractivity contribution is -0.127. The van der Waals surface area contributed by atoms with Crippen molar-refractivity contribution < 1.29 is 4.79 Å². The second-order valence-electron chi connectivity index (χ2n) is 4.39. The van der Waals surface area contributed by atoms with Crippen LogP contribution >= 0.6 is 0 Å². The van der Waals surface area contributed by atoms with E-state index < -0.39 is 0 Å². The first-order valence-corrected chi connectivity index (χ1v) is 6.00. The number of hydrazine groups is 1. The molecule has 0 bridgehead atoms. The van der Waals surface area contributed by atoms with E-state index >= 15 is 0 Å². The van der Waals surface area contributed by atoms with Crippen molar-refractivity contribution in [3.63, 3.8) is 0 Å². The van der Waals surface area contributed by atoms with E-state index in [4.69, 9.17) is 5.84 Å². The average molecular weight is 292 g/mol. The summed E-state index contributed by atoms with van der Waals surface area (Å²) in [4.78, 5) is 31.1. The number of nitrogens with zero attached hydrogens (tertiary/aromatic N) is 8. The topological polar surface area (TPSA) is 131 Å². The van der Waals surface area contributed by atoms with Gasteiger partial charge in [0.25, 0.3) is 5.95 Å². The third-order valence-electron chi connectivity index (χ3n) is 2.58. The Labute approximate surface area is 120 Å². The predicted octanol–water partition coefficient (Wildman–Crippen LogP) is -1.74. The fourth-order valence-corrected chi connectivity index (χ4v) is 1.42. The lowest BCUT2D eigenvalue weighted by Gasteiger charge is -2.19. The summed E-state index contributed by atoms with van der Waals surface area (Å²) in [5.41, 5.74) is 2.35. The molecule has 0 aromatic carbocycles. The van der Waals surface area contributed by atoms with Crippen molar-refractivity contribution >= 4 is 17.8 Å². The van der Waals surface area contributed by atoms with Crippen LogP contribution in [0.1, 0.15) is 0 Å². The zero-order valence-corrected chi connectivity index (χ0v) is 11.9. The van der Waals surface area contributed by atoms with E-state index in [1.165, 1.54) is 22.2 Å². The molecule has 2 aromatic heterocycles. The van der Waals surface area contributed by atoms with E-state index in [1.807, 2.05) is 0 Å². The molecule has 2 rings (SSSR count). The smallest absolute Gasteiger partial charge is 0.258 e. The van der Waals surface area contributed by atoms with E-state index in [0.29, 0.717) is 5.95 Å². The van der Waals surface area contributed by atoms with Gasteiger partial charge in [0.2, 0.25) is 17.8 Å². The number of carbonyl (C=O) groups is 1. The highest BCUT2D eigenvalue weighted by Gasteiger charge is 2.15. The van der Waals surface area contributed by atoms with Crippen molar-refractivity contribution in [1.29, 1.82) is 0 Å². The number of carbonyl (C=O) groups excluding carboxylic acids is 1. The van der Waals surface area contributed by atoms with Crippen LogP contribution in [0.5, 0.6) is 0 Å². The molecule has 0 atom stereocenters. The predicted molar refractivity (Wildman–Crippen MR) is 74.5 cm³/mol. The summed E-state index contributed by atoms with van der Waals surface area (Å²) < 4.78 is 1.37. The first-order chi connectivity index (χ1) is 10.0. The molecule has 21 heavy (non-hydrogen) atoms. The van der Waals surface area contributed by atoms with Crippen LogP contribution in [-0.4, -0.2) is 68.2 Å². The maximum atomic E-state index is 11.7. The number of nitrogen functional groups attached to an aromatic ring is 1. The molecule has 2 aromatic rings. The highest BCUT2D eigenvalue weighted by Crippen LogP contribution is 2.10. The van der Waals surface area contributed by atoms with Gasteiger partial charge in [0.1, 0.15) is 12.7 Å². The van der Waals surface area contributed by atoms with Crippen LogP contribution in [0.2, 0.25) is 0 Å². The molecule has 0 unspecified atom stereocenters. The summed E-state index contributed by atoms with van der Waals surface area (Å²) in [7, 11) is 5.05. The third-order valence-corrected chi connectivity index (χ3v) is 2.58. The van der Waals surface area contributed by atoms with Crippen molar-refractivity contribution in [1.82, 2.24) is 34.6 Å². The molecule has 3 N–H and O–H groups in total. The molecule has 0 saturated heterocycles. The Morgan fingerprint density at radius 3 is 2.67 bits per heavy atom. The normalized spacial score (nSPS) is 10.3. The largest absolute Gasteiger partial charge is 0.347 e. The molecule has 112 valence electrons. The number of likely N-dealkylation sites (N-methyl/N-ethyl adjacent to an activating group) is 2. The first kappa shape index (κ1) is 14.6. The summed E-state index contributed by atoms with van der Waals surface area (Å²) in [6.07, 6.45) is 2.81. The monoisotopic (exact) mass is 292 g/mol. The second-order valence-corrected chi connectivity index (χ2v) is 4.39. The minimum Gasteiger partial charge on any atom is -0.347 e. The number of hydrogen-bond donors (Lipinski definition) is 2. The molecule has 0 aliphatic carbocycles. The zero-order chi connectivity index (χ0) is 15.4. The van der Waals surface area contributed by atoms with E-state index in [0.717, 1.165) is 0 Å². The number of hydrogen-bond acceptors (Lipinski definition) is 9. The van der Waals surface area contributed by atoms with Crippen LogP contribution in [0.4, 0.5) is 11.9 Å². The number of nitrogens with one attached hydrogen (secondary N) is 1. The fraction of sp³-hybridized carbons (Fsp3) is 0.400. The quantitative estimate of drug-likeness (QED) is 0.487. The SMILES string of the molecule is CN(C)C(=O)CN(C)c1nc(NN)nc(-n2cncn2)n1. The van der Waals surface area contributed by atoms with Crippen molar-refractivity contribution in [3.8, 4) is 5.95 Å². The van der Waals surface area contributed by atoms with Crippen molar-refractivity contribution in [2.75, 3.05) is 38.0 Å². The van der Waals surface area contributed by atoms with Crippen molar-refractivity contribution in [2.45, 2.75) is 0 Å². The van der Waals surface area contributed by atoms with Gasteiger partial charge in [-0.05, 0) is 0 Å². The molecule has 0 saturated carbocycles. The molecule has 0 aliphatic rings. The van der Waals surface area contributed by atoms with Crippen LogP contribution in [-0.2, 0) is 4.79 Å². The maximum Gasteiger partial charge on any atom is 0.258 e. The van der Waals surface area contributed by atoms with Crippen LogP contribution in [0, 0.1) is 0 Å². The Bertz CT molecular complexity index is 610. The summed E-state index contributed by atoms with van der Waals surface area (Å²) >= 11 is 0. The molecular weight excluding hydrogens is 276 g/mol. The highest BCUT2D eigenvalue weighted by molar-refractivity contribution is 5.80. The van der Waals surface area contributed by atoms with E-state index in [2.05, 4.69) is 30.5 Å². The Balaban J connectivity index is 2.30. The van der Waals surface area contributed by atoms with Gasteiger partial charge in [0, 0.05) is 21.1 Å². The Morgan fingerprint density at radius 1 is 1.33 bits per heavy atom. The number of anilines is 2. The second kappa shape index (κ2) is 6.09. The van der Waals surface area contributed by atoms with Gasteiger partial charge in [-0.3, -0.25) is 10.2 Å². The average Bonchev–Trinajstić information content (AvgIpc) is 3.00. The first-order valence-electron chi connectivity index (χ1n) is 6.00. The standard InChI is InChI=1S/C10H16N10O/c1-18(2)7(21)4-19(3)9-14-8(17-11)15-10(16-9)20-6-12-5-13-20/h5-6H,4,11H2,1-3H3,(H,14,15,16,17). The van der Waals surface area contributed by atoms with E-state index in [1.54, 1.807) is 26.0 Å². The van der Waals surface area contributed by atoms with E-state index in [9.17, 15) is 4.79 Å². The Kier molecular flexibility index (Phi) is 4.23. The maximum absolute atomic E-state index is 11.7. The Morgan fingerprint density at radius 2 is 2.10 bits per heavy atom. The van der Waals surface area contributed by atoms with E-state index in [-0.39, 0.29) is 24.3 Å². The van der Waals surface area contributed by atoms with Gasteiger partial charge in [-0.2, -0.15) is 24.7 Å². The van der Waals surface area contributed by atoms with Crippen LogP contribution in [0.3, 0.4) is 0 Å². The van der Waals surface area contributed by atoms with Gasteiger partial charge in [0.15, 0.2) is 0 Å². The number of aromatic nitrogens is 6. The molecule has 11 nitrogen and oxygen atoms in total. The zero-order valence-electron chi connectivity index (χ0n) is 11.9. The number of amides is 1. The molecular formula is C10H16N10O. The van der Waals surface area contributed by atoms with Crippen LogP contribution in [0.25, 0.3) is 5.95 Å². The van der Waals surface area contributed by atoms with Gasteiger partial charge in [-0.25, -0.2) is 10.8 Å². The lowest BCUT2D eigenvalue weighted by Crippen LogP contribution is -2.35. The van der Waals surface area contributed by atoms with Gasteiger partial charge in [0.05, 0.1) is 6.54 Å². The van der Waals surface area contributed by atoms with Gasteiger partial charge in [-0.1, -0.05) is 0 Å². The molecule has 0 radical (unpaired) electrons. The molecule has 0 fully saturated rings. The lowest BCUT2D eigenvalue weighted by atomic mass is 10.5. The minimum atomic E-state index is -0.0810. The van der Waals surface area contributed by atoms with Gasteiger partial charge < -0.3 is 9.80 Å². The molecule has 11 heteroatoms. The Hall–Kier alpha value is -2.82. The van der Waals surface area contributed by atoms with Gasteiger partial charge in [-0.15, -0.1) is 0 Å². The molecule has 0 aliphatic heterocycles. The van der Waals surface area contributed by atoms with Crippen molar-refractivity contribution in [2.24, 2.45) is 5.84 Å². The number of nitrogens with two attached hydrogens (primary N) is 1. The summed E-state index contributed by atoms with van der Waals surface area (Å²) in [5.74, 6) is 5.96. The fourth-order valence-electron chi connectivity index (χ4n) is 1.42. The van der Waals surface area contributed by atoms with Gasteiger partial charge >= 0.3 is 0 Å². The molecule has 2 heterocycles. The van der Waals surface area contributed by atoms with Crippen molar-refractivity contribution in [3.05, 3.63) is 12.7 Å². The summed E-state index contributed by atoms with van der Waals surface area (Å²) in [6.45, 7) is 0.123. The van der Waals surface area contributed by atoms with Crippen LogP contribution in [0.15, 0.2) is 12.7 Å². The summed E-state index contributed by atoms with van der Waals surface area (Å²) in [5, 5.41) is 3.94. The minimum absolute atomic E-state index is 0.0810. The molecule has 0 spiro atoms.